The number of fused-ring (bicyclic) bond motifs is 1. The maximum absolute atomic E-state index is 11.5. The minimum atomic E-state index is -0.931. The first kappa shape index (κ1) is 10.5. The van der Waals surface area contributed by atoms with Gasteiger partial charge in [0.1, 0.15) is 5.52 Å². The van der Waals surface area contributed by atoms with Crippen molar-refractivity contribution in [1.82, 2.24) is 9.30 Å². The molecule has 1 aromatic carbocycles. The summed E-state index contributed by atoms with van der Waals surface area (Å²) in [4.78, 5) is 22.8. The molecule has 5 nitrogen and oxygen atoms in total. The van der Waals surface area contributed by atoms with E-state index in [9.17, 15) is 14.8 Å². The lowest BCUT2D eigenvalue weighted by Crippen LogP contribution is -2.39. The third kappa shape index (κ3) is 1.32. The summed E-state index contributed by atoms with van der Waals surface area (Å²) in [5.41, 5.74) is 0.263. The van der Waals surface area contributed by atoms with Crippen LogP contribution in [0.15, 0.2) is 27.8 Å². The number of rotatable bonds is 1. The van der Waals surface area contributed by atoms with Crippen LogP contribution in [0.1, 0.15) is 12.5 Å². The van der Waals surface area contributed by atoms with Gasteiger partial charge in [-0.05, 0) is 24.1 Å². The zero-order valence-corrected chi connectivity index (χ0v) is 9.10. The van der Waals surface area contributed by atoms with Crippen LogP contribution in [-0.4, -0.2) is 14.5 Å². The number of aromatic nitrogens is 2. The van der Waals surface area contributed by atoms with E-state index in [4.69, 9.17) is 0 Å². The van der Waals surface area contributed by atoms with Crippen molar-refractivity contribution < 1.29 is 5.21 Å². The summed E-state index contributed by atoms with van der Waals surface area (Å²) in [6.45, 7) is 1.99. The first-order valence-electron chi connectivity index (χ1n) is 5.00. The van der Waals surface area contributed by atoms with Gasteiger partial charge in [0.15, 0.2) is 0 Å². The van der Waals surface area contributed by atoms with Crippen molar-refractivity contribution in [2.45, 2.75) is 13.3 Å². The molecule has 1 N–H and O–H groups in total. The van der Waals surface area contributed by atoms with E-state index < -0.39 is 11.1 Å². The lowest BCUT2D eigenvalue weighted by molar-refractivity contribution is 0.186. The maximum atomic E-state index is 11.5. The summed E-state index contributed by atoms with van der Waals surface area (Å²) in [5.74, 6) is 0. The van der Waals surface area contributed by atoms with Crippen LogP contribution < -0.4 is 11.1 Å². The topological polar surface area (TPSA) is 64.2 Å². The second-order valence-corrected chi connectivity index (χ2v) is 3.66. The van der Waals surface area contributed by atoms with Crippen LogP contribution in [0.4, 0.5) is 0 Å². The fraction of sp³-hybridized carbons (Fsp3) is 0.273. The van der Waals surface area contributed by atoms with E-state index in [0.29, 0.717) is 15.8 Å². The maximum Gasteiger partial charge on any atom is 0.349 e. The molecule has 0 saturated heterocycles. The van der Waals surface area contributed by atoms with Crippen LogP contribution in [-0.2, 0) is 13.5 Å². The molecule has 2 rings (SSSR count). The molecule has 0 amide bonds. The summed E-state index contributed by atoms with van der Waals surface area (Å²) in [6.07, 6.45) is 0.828. The monoisotopic (exact) mass is 220 g/mol. The molecule has 0 saturated carbocycles. The Morgan fingerprint density at radius 1 is 1.19 bits per heavy atom. The Morgan fingerprint density at radius 2 is 1.88 bits per heavy atom. The Morgan fingerprint density at radius 3 is 2.50 bits per heavy atom. The fourth-order valence-electron chi connectivity index (χ4n) is 1.69. The molecule has 0 bridgehead atoms. The van der Waals surface area contributed by atoms with Crippen LogP contribution in [0.2, 0.25) is 0 Å². The number of aryl methyl sites for hydroxylation is 2. The zero-order valence-electron chi connectivity index (χ0n) is 9.10. The molecule has 0 atom stereocenters. The van der Waals surface area contributed by atoms with Crippen molar-refractivity contribution in [2.75, 3.05) is 0 Å². The molecule has 0 fully saturated rings. The van der Waals surface area contributed by atoms with Crippen molar-refractivity contribution in [3.05, 3.63) is 44.5 Å². The van der Waals surface area contributed by atoms with E-state index in [-0.39, 0.29) is 0 Å². The second kappa shape index (κ2) is 3.52. The fourth-order valence-corrected chi connectivity index (χ4v) is 1.69. The van der Waals surface area contributed by atoms with E-state index in [0.717, 1.165) is 12.0 Å². The Bertz CT molecular complexity index is 667. The van der Waals surface area contributed by atoms with Crippen molar-refractivity contribution >= 4 is 11.0 Å². The highest BCUT2D eigenvalue weighted by atomic mass is 16.5. The molecule has 16 heavy (non-hydrogen) atoms. The van der Waals surface area contributed by atoms with E-state index in [1.807, 2.05) is 13.0 Å². The van der Waals surface area contributed by atoms with Gasteiger partial charge in [0.2, 0.25) is 0 Å². The third-order valence-electron chi connectivity index (χ3n) is 2.72. The predicted molar refractivity (Wildman–Crippen MR) is 60.0 cm³/mol. The highest BCUT2D eigenvalue weighted by molar-refractivity contribution is 5.75. The molecule has 5 heteroatoms. The first-order chi connectivity index (χ1) is 7.56. The van der Waals surface area contributed by atoms with Gasteiger partial charge in [-0.25, -0.2) is 0 Å². The lowest BCUT2D eigenvalue weighted by atomic mass is 10.1. The quantitative estimate of drug-likeness (QED) is 0.562. The highest BCUT2D eigenvalue weighted by Crippen LogP contribution is 2.12. The predicted octanol–water partition coefficient (Wildman–Crippen LogP) is 0.500. The number of benzene rings is 1. The minimum Gasteiger partial charge on any atom is -0.425 e. The Kier molecular flexibility index (Phi) is 2.30. The number of hydrogen-bond acceptors (Lipinski definition) is 3. The van der Waals surface area contributed by atoms with E-state index in [1.54, 1.807) is 12.1 Å². The molecule has 0 aliphatic carbocycles. The Hall–Kier alpha value is -2.04. The van der Waals surface area contributed by atoms with Gasteiger partial charge in [0, 0.05) is 7.05 Å². The largest absolute Gasteiger partial charge is 0.425 e. The normalized spacial score (nSPS) is 10.9. The molecule has 0 spiro atoms. The van der Waals surface area contributed by atoms with E-state index in [2.05, 4.69) is 0 Å². The highest BCUT2D eigenvalue weighted by Gasteiger charge is 2.09. The Balaban J connectivity index is 3.03. The van der Waals surface area contributed by atoms with Gasteiger partial charge in [0.25, 0.3) is 0 Å². The molecule has 0 aliphatic rings. The standard InChI is InChI=1S/C11H12N2O3/c1-3-7-4-5-8-9(6-7)12(2)10(14)11(15)13(8)16/h4-6,16H,3H2,1-2H3. The number of nitrogens with zero attached hydrogens (tertiary/aromatic N) is 2. The van der Waals surface area contributed by atoms with E-state index in [1.165, 1.54) is 11.6 Å². The molecule has 0 unspecified atom stereocenters. The van der Waals surface area contributed by atoms with Gasteiger partial charge >= 0.3 is 11.1 Å². The third-order valence-corrected chi connectivity index (χ3v) is 2.72. The zero-order chi connectivity index (χ0) is 11.9. The molecule has 1 aromatic heterocycles. The van der Waals surface area contributed by atoms with Crippen LogP contribution in [0.25, 0.3) is 11.0 Å². The van der Waals surface area contributed by atoms with Gasteiger partial charge in [-0.1, -0.05) is 13.0 Å². The molecule has 1 heterocycles. The molecular formula is C11H12N2O3. The first-order valence-corrected chi connectivity index (χ1v) is 5.00. The van der Waals surface area contributed by atoms with Crippen molar-refractivity contribution in [3.8, 4) is 0 Å². The molecule has 2 aromatic rings. The van der Waals surface area contributed by atoms with Gasteiger partial charge < -0.3 is 9.77 Å². The minimum absolute atomic E-state index is 0.337. The van der Waals surface area contributed by atoms with Gasteiger partial charge in [0.05, 0.1) is 5.52 Å². The molecule has 0 radical (unpaired) electrons. The SMILES string of the molecule is CCc1ccc2c(c1)n(C)c(=O)c(=O)n2O. The van der Waals surface area contributed by atoms with Crippen LogP contribution in [0.3, 0.4) is 0 Å². The molecule has 84 valence electrons. The lowest BCUT2D eigenvalue weighted by Gasteiger charge is -2.08. The average Bonchev–Trinajstić information content (AvgIpc) is 2.33. The van der Waals surface area contributed by atoms with Crippen LogP contribution in [0, 0.1) is 0 Å². The Labute approximate surface area is 91.1 Å². The van der Waals surface area contributed by atoms with Crippen LogP contribution in [0.5, 0.6) is 0 Å². The summed E-state index contributed by atoms with van der Waals surface area (Å²) in [7, 11) is 1.52. The second-order valence-electron chi connectivity index (χ2n) is 3.66. The van der Waals surface area contributed by atoms with Gasteiger partial charge in [-0.3, -0.25) is 9.59 Å². The van der Waals surface area contributed by atoms with Crippen molar-refractivity contribution in [2.24, 2.45) is 7.05 Å². The van der Waals surface area contributed by atoms with Crippen LogP contribution >= 0.6 is 0 Å². The van der Waals surface area contributed by atoms with E-state index >= 15 is 0 Å². The molecular weight excluding hydrogens is 208 g/mol. The van der Waals surface area contributed by atoms with Gasteiger partial charge in [-0.2, -0.15) is 0 Å². The van der Waals surface area contributed by atoms with Crippen molar-refractivity contribution in [1.29, 1.82) is 0 Å². The summed E-state index contributed by atoms with van der Waals surface area (Å²) in [5, 5.41) is 9.52. The molecule has 0 aliphatic heterocycles. The smallest absolute Gasteiger partial charge is 0.349 e. The summed E-state index contributed by atoms with van der Waals surface area (Å²) in [6, 6.07) is 5.25. The summed E-state index contributed by atoms with van der Waals surface area (Å²) >= 11 is 0. The van der Waals surface area contributed by atoms with Gasteiger partial charge in [-0.15, -0.1) is 4.73 Å². The van der Waals surface area contributed by atoms with Crippen molar-refractivity contribution in [3.63, 3.8) is 0 Å². The average molecular weight is 220 g/mol. The number of hydrogen-bond donors (Lipinski definition) is 1. The summed E-state index contributed by atoms with van der Waals surface area (Å²) < 4.78 is 1.65.